The van der Waals surface area contributed by atoms with Crippen molar-refractivity contribution in [2.24, 2.45) is 5.92 Å². The Hall–Kier alpha value is -0.610. The third-order valence-electron chi connectivity index (χ3n) is 2.78. The van der Waals surface area contributed by atoms with E-state index in [1.54, 1.807) is 17.5 Å². The van der Waals surface area contributed by atoms with Gasteiger partial charge in [-0.05, 0) is 18.8 Å². The van der Waals surface area contributed by atoms with Crippen molar-refractivity contribution in [3.05, 3.63) is 11.1 Å². The molecule has 1 aromatic heterocycles. The van der Waals surface area contributed by atoms with Gasteiger partial charge in [0, 0.05) is 19.8 Å². The van der Waals surface area contributed by atoms with Crippen LogP contribution in [0, 0.1) is 5.92 Å². The zero-order valence-corrected chi connectivity index (χ0v) is 9.26. The Bertz CT molecular complexity index is 296. The lowest BCUT2D eigenvalue weighted by molar-refractivity contribution is 0.285. The summed E-state index contributed by atoms with van der Waals surface area (Å²) in [7, 11) is 2.08. The van der Waals surface area contributed by atoms with Gasteiger partial charge in [0.1, 0.15) is 0 Å². The van der Waals surface area contributed by atoms with Gasteiger partial charge in [-0.15, -0.1) is 0 Å². The van der Waals surface area contributed by atoms with Crippen molar-refractivity contribution in [2.45, 2.75) is 25.9 Å². The number of hydrogen-bond acceptors (Lipinski definition) is 4. The Balaban J connectivity index is 1.92. The highest BCUT2D eigenvalue weighted by atomic mass is 32.1. The highest BCUT2D eigenvalue weighted by Gasteiger charge is 2.20. The molecule has 1 heterocycles. The monoisotopic (exact) mass is 212 g/mol. The maximum Gasteiger partial charge on any atom is 0.185 e. The predicted molar refractivity (Wildman–Crippen MR) is 58.6 cm³/mol. The molecule has 14 heavy (non-hydrogen) atoms. The molecule has 0 unspecified atom stereocenters. The minimum atomic E-state index is 0.106. The molecule has 1 saturated carbocycles. The number of aromatic nitrogens is 1. The topological polar surface area (TPSA) is 36.4 Å². The minimum Gasteiger partial charge on any atom is -0.391 e. The van der Waals surface area contributed by atoms with Gasteiger partial charge in [-0.25, -0.2) is 4.98 Å². The summed E-state index contributed by atoms with van der Waals surface area (Å²) in [5.41, 5.74) is 0. The fourth-order valence-electron chi connectivity index (χ4n) is 1.69. The number of aliphatic hydroxyl groups is 1. The van der Waals surface area contributed by atoms with Crippen molar-refractivity contribution >= 4 is 16.5 Å². The molecule has 4 heteroatoms. The summed E-state index contributed by atoms with van der Waals surface area (Å²) in [5, 5.41) is 9.95. The Morgan fingerprint density at radius 1 is 1.64 bits per heavy atom. The molecule has 1 aliphatic rings. The first-order valence-electron chi connectivity index (χ1n) is 5.06. The SMILES string of the molecule is CN(CC1CCC1)c1ncc(CO)s1. The lowest BCUT2D eigenvalue weighted by Crippen LogP contribution is -2.29. The molecule has 0 bridgehead atoms. The molecular weight excluding hydrogens is 196 g/mol. The molecule has 1 fully saturated rings. The number of anilines is 1. The normalized spacial score (nSPS) is 16.7. The standard InChI is InChI=1S/C10H16N2OS/c1-12(6-8-3-2-4-8)10-11-5-9(7-13)14-10/h5,8,13H,2-4,6-7H2,1H3. The molecule has 3 nitrogen and oxygen atoms in total. The maximum absolute atomic E-state index is 8.92. The van der Waals surface area contributed by atoms with Crippen LogP contribution in [0.1, 0.15) is 24.1 Å². The van der Waals surface area contributed by atoms with Crippen LogP contribution in [0.4, 0.5) is 5.13 Å². The van der Waals surface area contributed by atoms with Crippen molar-refractivity contribution in [3.8, 4) is 0 Å². The molecule has 1 aliphatic carbocycles. The van der Waals surface area contributed by atoms with Crippen LogP contribution < -0.4 is 4.90 Å². The summed E-state index contributed by atoms with van der Waals surface area (Å²) in [5.74, 6) is 0.862. The van der Waals surface area contributed by atoms with E-state index in [4.69, 9.17) is 5.11 Å². The first-order chi connectivity index (χ1) is 6.79. The summed E-state index contributed by atoms with van der Waals surface area (Å²) in [4.78, 5) is 7.43. The second kappa shape index (κ2) is 4.28. The van der Waals surface area contributed by atoms with Crippen LogP contribution >= 0.6 is 11.3 Å². The van der Waals surface area contributed by atoms with Crippen LogP contribution in [-0.2, 0) is 6.61 Å². The van der Waals surface area contributed by atoms with Gasteiger partial charge < -0.3 is 10.0 Å². The molecule has 0 aliphatic heterocycles. The van der Waals surface area contributed by atoms with E-state index < -0.39 is 0 Å². The average molecular weight is 212 g/mol. The largest absolute Gasteiger partial charge is 0.391 e. The van der Waals surface area contributed by atoms with Crippen molar-refractivity contribution in [1.29, 1.82) is 0 Å². The predicted octanol–water partition coefficient (Wildman–Crippen LogP) is 1.87. The number of rotatable bonds is 4. The second-order valence-electron chi connectivity index (χ2n) is 3.94. The van der Waals surface area contributed by atoms with Gasteiger partial charge in [0.15, 0.2) is 5.13 Å². The van der Waals surface area contributed by atoms with Gasteiger partial charge in [0.05, 0.1) is 11.5 Å². The highest BCUT2D eigenvalue weighted by Crippen LogP contribution is 2.29. The smallest absolute Gasteiger partial charge is 0.185 e. The molecule has 1 N–H and O–H groups in total. The van der Waals surface area contributed by atoms with E-state index in [1.165, 1.54) is 19.3 Å². The molecule has 78 valence electrons. The van der Waals surface area contributed by atoms with Crippen molar-refractivity contribution in [1.82, 2.24) is 4.98 Å². The summed E-state index contributed by atoms with van der Waals surface area (Å²) in [6, 6.07) is 0. The lowest BCUT2D eigenvalue weighted by atomic mass is 9.85. The van der Waals surface area contributed by atoms with Crippen LogP contribution in [0.15, 0.2) is 6.20 Å². The first kappa shape index (κ1) is 9.93. The van der Waals surface area contributed by atoms with Gasteiger partial charge in [0.25, 0.3) is 0 Å². The second-order valence-corrected chi connectivity index (χ2v) is 5.04. The number of hydrogen-bond donors (Lipinski definition) is 1. The van der Waals surface area contributed by atoms with Crippen molar-refractivity contribution < 1.29 is 5.11 Å². The number of thiazole rings is 1. The molecule has 2 rings (SSSR count). The molecule has 0 atom stereocenters. The zero-order chi connectivity index (χ0) is 9.97. The van der Waals surface area contributed by atoms with E-state index >= 15 is 0 Å². The van der Waals surface area contributed by atoms with E-state index in [-0.39, 0.29) is 6.61 Å². The molecule has 0 aromatic carbocycles. The molecule has 0 saturated heterocycles. The minimum absolute atomic E-state index is 0.106. The third-order valence-corrected chi connectivity index (χ3v) is 3.88. The van der Waals surface area contributed by atoms with Crippen LogP contribution in [0.2, 0.25) is 0 Å². The van der Waals surface area contributed by atoms with Crippen LogP contribution in [-0.4, -0.2) is 23.7 Å². The van der Waals surface area contributed by atoms with Gasteiger partial charge in [-0.2, -0.15) is 0 Å². The molecule has 1 aromatic rings. The van der Waals surface area contributed by atoms with E-state index in [2.05, 4.69) is 16.9 Å². The van der Waals surface area contributed by atoms with Gasteiger partial charge in [-0.1, -0.05) is 17.8 Å². The molecule has 0 radical (unpaired) electrons. The van der Waals surface area contributed by atoms with Crippen LogP contribution in [0.5, 0.6) is 0 Å². The third kappa shape index (κ3) is 2.07. The van der Waals surface area contributed by atoms with E-state index in [1.807, 2.05) is 0 Å². The molecular formula is C10H16N2OS. The van der Waals surface area contributed by atoms with Crippen molar-refractivity contribution in [3.63, 3.8) is 0 Å². The quantitative estimate of drug-likeness (QED) is 0.827. The van der Waals surface area contributed by atoms with Crippen molar-refractivity contribution in [2.75, 3.05) is 18.5 Å². The Morgan fingerprint density at radius 2 is 2.43 bits per heavy atom. The molecule has 0 spiro atoms. The summed E-state index contributed by atoms with van der Waals surface area (Å²) >= 11 is 1.58. The average Bonchev–Trinajstić information content (AvgIpc) is 2.59. The maximum atomic E-state index is 8.92. The fourth-order valence-corrected chi connectivity index (χ4v) is 2.43. The van der Waals surface area contributed by atoms with Crippen LogP contribution in [0.25, 0.3) is 0 Å². The Kier molecular flexibility index (Phi) is 3.03. The lowest BCUT2D eigenvalue weighted by Gasteiger charge is -2.29. The van der Waals surface area contributed by atoms with E-state index in [9.17, 15) is 0 Å². The Morgan fingerprint density at radius 3 is 2.93 bits per heavy atom. The summed E-state index contributed by atoms with van der Waals surface area (Å²) < 4.78 is 0. The molecule has 0 amide bonds. The Labute approximate surface area is 88.4 Å². The summed E-state index contributed by atoms with van der Waals surface area (Å²) in [6.07, 6.45) is 5.88. The van der Waals surface area contributed by atoms with Gasteiger partial charge in [0.2, 0.25) is 0 Å². The van der Waals surface area contributed by atoms with Gasteiger partial charge >= 0.3 is 0 Å². The first-order valence-corrected chi connectivity index (χ1v) is 5.88. The number of aliphatic hydroxyl groups excluding tert-OH is 1. The van der Waals surface area contributed by atoms with Gasteiger partial charge in [-0.3, -0.25) is 0 Å². The number of nitrogens with zero attached hydrogens (tertiary/aromatic N) is 2. The fraction of sp³-hybridized carbons (Fsp3) is 0.700. The van der Waals surface area contributed by atoms with Crippen LogP contribution in [0.3, 0.4) is 0 Å². The van der Waals surface area contributed by atoms with E-state index in [0.717, 1.165) is 22.5 Å². The van der Waals surface area contributed by atoms with E-state index in [0.29, 0.717) is 0 Å². The highest BCUT2D eigenvalue weighted by molar-refractivity contribution is 7.15. The summed E-state index contributed by atoms with van der Waals surface area (Å²) in [6.45, 7) is 1.22. The zero-order valence-electron chi connectivity index (χ0n) is 8.44.